The molecule has 17 heavy (non-hydrogen) atoms. The van der Waals surface area contributed by atoms with Gasteiger partial charge in [-0.25, -0.2) is 0 Å². The molecule has 0 amide bonds. The molecule has 1 aliphatic rings. The Bertz CT molecular complexity index is 413. The molecule has 1 saturated heterocycles. The van der Waals surface area contributed by atoms with Gasteiger partial charge in [-0.1, -0.05) is 0 Å². The summed E-state index contributed by atoms with van der Waals surface area (Å²) in [6.45, 7) is 3.77. The van der Waals surface area contributed by atoms with Gasteiger partial charge < -0.3 is 9.47 Å². The zero-order valence-electron chi connectivity index (χ0n) is 9.72. The van der Waals surface area contributed by atoms with E-state index in [1.54, 1.807) is 19.1 Å². The van der Waals surface area contributed by atoms with Gasteiger partial charge in [0.25, 0.3) is 5.69 Å². The maximum atomic E-state index is 10.8. The molecule has 0 spiro atoms. The lowest BCUT2D eigenvalue weighted by molar-refractivity contribution is -0.385. The molecular formula is C12H15NO4. The lowest BCUT2D eigenvalue weighted by Crippen LogP contribution is -2.11. The molecule has 1 heterocycles. The van der Waals surface area contributed by atoms with Gasteiger partial charge in [0.15, 0.2) is 0 Å². The maximum Gasteiger partial charge on any atom is 0.275 e. The van der Waals surface area contributed by atoms with Crippen LogP contribution in [0.5, 0.6) is 5.75 Å². The average Bonchev–Trinajstić information content (AvgIpc) is 2.80. The normalized spacial score (nSPS) is 19.2. The molecule has 0 aliphatic carbocycles. The summed E-state index contributed by atoms with van der Waals surface area (Å²) in [6.07, 6.45) is 0.994. The van der Waals surface area contributed by atoms with Gasteiger partial charge in [-0.3, -0.25) is 10.1 Å². The van der Waals surface area contributed by atoms with E-state index >= 15 is 0 Å². The summed E-state index contributed by atoms with van der Waals surface area (Å²) in [7, 11) is 0. The predicted octanol–water partition coefficient (Wildman–Crippen LogP) is 2.32. The molecule has 0 radical (unpaired) electrons. The van der Waals surface area contributed by atoms with E-state index in [4.69, 9.17) is 9.47 Å². The van der Waals surface area contributed by atoms with Crippen molar-refractivity contribution in [1.82, 2.24) is 0 Å². The number of nitro groups is 1. The van der Waals surface area contributed by atoms with Gasteiger partial charge in [0.1, 0.15) is 5.75 Å². The van der Waals surface area contributed by atoms with Crippen LogP contribution in [0.25, 0.3) is 0 Å². The molecule has 1 aromatic rings. The second-order valence-corrected chi connectivity index (χ2v) is 4.25. The molecule has 5 nitrogen and oxygen atoms in total. The zero-order valence-corrected chi connectivity index (χ0v) is 9.72. The van der Waals surface area contributed by atoms with Gasteiger partial charge in [-0.05, 0) is 25.5 Å². The lowest BCUT2D eigenvalue weighted by Gasteiger charge is -2.10. The van der Waals surface area contributed by atoms with Gasteiger partial charge in [-0.15, -0.1) is 0 Å². The summed E-state index contributed by atoms with van der Waals surface area (Å²) in [6, 6.07) is 4.95. The van der Waals surface area contributed by atoms with E-state index in [9.17, 15) is 10.1 Å². The summed E-state index contributed by atoms with van der Waals surface area (Å²) in [5, 5.41) is 10.8. The van der Waals surface area contributed by atoms with Gasteiger partial charge in [0.2, 0.25) is 0 Å². The van der Waals surface area contributed by atoms with Crippen LogP contribution in [0.2, 0.25) is 0 Å². The van der Waals surface area contributed by atoms with E-state index in [1.165, 1.54) is 6.07 Å². The molecule has 1 aromatic carbocycles. The number of ether oxygens (including phenoxy) is 2. The number of benzene rings is 1. The second kappa shape index (κ2) is 5.14. The molecule has 0 aromatic heterocycles. The van der Waals surface area contributed by atoms with E-state index in [1.807, 2.05) is 0 Å². The first-order valence-electron chi connectivity index (χ1n) is 5.62. The van der Waals surface area contributed by atoms with Crippen molar-refractivity contribution in [3.05, 3.63) is 33.9 Å². The number of hydrogen-bond acceptors (Lipinski definition) is 4. The highest BCUT2D eigenvalue weighted by Crippen LogP contribution is 2.24. The number of hydrogen-bond donors (Lipinski definition) is 0. The molecular weight excluding hydrogens is 222 g/mol. The van der Waals surface area contributed by atoms with E-state index in [-0.39, 0.29) is 10.6 Å². The fraction of sp³-hybridized carbons (Fsp3) is 0.500. The molecule has 0 unspecified atom stereocenters. The quantitative estimate of drug-likeness (QED) is 0.595. The third-order valence-electron chi connectivity index (χ3n) is 2.89. The number of aryl methyl sites for hydroxylation is 1. The highest BCUT2D eigenvalue weighted by atomic mass is 16.6. The van der Waals surface area contributed by atoms with E-state index < -0.39 is 0 Å². The second-order valence-electron chi connectivity index (χ2n) is 4.25. The molecule has 2 rings (SSSR count). The van der Waals surface area contributed by atoms with Crippen molar-refractivity contribution in [2.45, 2.75) is 13.3 Å². The highest BCUT2D eigenvalue weighted by molar-refractivity contribution is 5.45. The van der Waals surface area contributed by atoms with Crippen molar-refractivity contribution in [2.24, 2.45) is 5.92 Å². The van der Waals surface area contributed by atoms with E-state index in [0.717, 1.165) is 13.0 Å². The van der Waals surface area contributed by atoms with Crippen LogP contribution in [0.15, 0.2) is 18.2 Å². The van der Waals surface area contributed by atoms with E-state index in [2.05, 4.69) is 0 Å². The summed E-state index contributed by atoms with van der Waals surface area (Å²) in [5.41, 5.74) is 0.747. The van der Waals surface area contributed by atoms with Crippen LogP contribution in [-0.2, 0) is 4.74 Å². The van der Waals surface area contributed by atoms with Crippen molar-refractivity contribution in [3.63, 3.8) is 0 Å². The third kappa shape index (κ3) is 2.94. The fourth-order valence-electron chi connectivity index (χ4n) is 1.80. The van der Waals surface area contributed by atoms with Gasteiger partial charge in [0, 0.05) is 18.1 Å². The highest BCUT2D eigenvalue weighted by Gasteiger charge is 2.17. The molecule has 1 fully saturated rings. The van der Waals surface area contributed by atoms with Crippen LogP contribution in [0.1, 0.15) is 12.0 Å². The predicted molar refractivity (Wildman–Crippen MR) is 62.3 cm³/mol. The van der Waals surface area contributed by atoms with E-state index in [0.29, 0.717) is 30.4 Å². The first-order valence-corrected chi connectivity index (χ1v) is 5.62. The van der Waals surface area contributed by atoms with Crippen LogP contribution in [0.4, 0.5) is 5.69 Å². The standard InChI is InChI=1S/C12H15NO4/c1-9-2-3-11(6-12(9)13(14)15)17-8-10-4-5-16-7-10/h2-3,6,10H,4-5,7-8H2,1H3/t10-/m0/s1. The molecule has 0 saturated carbocycles. The van der Waals surface area contributed by atoms with Crippen LogP contribution in [-0.4, -0.2) is 24.7 Å². The largest absolute Gasteiger partial charge is 0.493 e. The summed E-state index contributed by atoms with van der Waals surface area (Å²) < 4.78 is 10.8. The van der Waals surface area contributed by atoms with Gasteiger partial charge >= 0.3 is 0 Å². The molecule has 1 aliphatic heterocycles. The Labute approximate surface area is 99.5 Å². The Kier molecular flexibility index (Phi) is 3.58. The molecule has 92 valence electrons. The topological polar surface area (TPSA) is 61.6 Å². The van der Waals surface area contributed by atoms with Crippen LogP contribution in [0, 0.1) is 23.0 Å². The number of nitro benzene ring substituents is 1. The summed E-state index contributed by atoms with van der Waals surface area (Å²) >= 11 is 0. The summed E-state index contributed by atoms with van der Waals surface area (Å²) in [5.74, 6) is 0.949. The Balaban J connectivity index is 2.00. The number of rotatable bonds is 4. The minimum absolute atomic E-state index is 0.102. The Morgan fingerprint density at radius 1 is 1.59 bits per heavy atom. The Morgan fingerprint density at radius 2 is 2.41 bits per heavy atom. The first-order chi connectivity index (χ1) is 8.16. The van der Waals surface area contributed by atoms with Crippen LogP contribution < -0.4 is 4.74 Å². The minimum Gasteiger partial charge on any atom is -0.493 e. The van der Waals surface area contributed by atoms with Gasteiger partial charge in [-0.2, -0.15) is 0 Å². The SMILES string of the molecule is Cc1ccc(OC[C@H]2CCOC2)cc1[N+](=O)[O-]. The summed E-state index contributed by atoms with van der Waals surface area (Å²) in [4.78, 5) is 10.4. The van der Waals surface area contributed by atoms with Crippen molar-refractivity contribution in [1.29, 1.82) is 0 Å². The maximum absolute atomic E-state index is 10.8. The molecule has 1 atom stereocenters. The Hall–Kier alpha value is -1.62. The third-order valence-corrected chi connectivity index (χ3v) is 2.89. The molecule has 5 heteroatoms. The molecule has 0 N–H and O–H groups in total. The monoisotopic (exact) mass is 237 g/mol. The smallest absolute Gasteiger partial charge is 0.275 e. The lowest BCUT2D eigenvalue weighted by atomic mass is 10.1. The van der Waals surface area contributed by atoms with Crippen molar-refractivity contribution < 1.29 is 14.4 Å². The first kappa shape index (κ1) is 11.9. The van der Waals surface area contributed by atoms with Gasteiger partial charge in [0.05, 0.1) is 24.2 Å². The van der Waals surface area contributed by atoms with Crippen molar-refractivity contribution in [3.8, 4) is 5.75 Å². The minimum atomic E-state index is -0.388. The fourth-order valence-corrected chi connectivity index (χ4v) is 1.80. The van der Waals surface area contributed by atoms with Crippen molar-refractivity contribution >= 4 is 5.69 Å². The Morgan fingerprint density at radius 3 is 3.06 bits per heavy atom. The van der Waals surface area contributed by atoms with Crippen LogP contribution in [0.3, 0.4) is 0 Å². The zero-order chi connectivity index (χ0) is 12.3. The van der Waals surface area contributed by atoms with Crippen molar-refractivity contribution in [2.75, 3.05) is 19.8 Å². The van der Waals surface area contributed by atoms with Crippen LogP contribution >= 0.6 is 0 Å². The molecule has 0 bridgehead atoms. The number of nitrogens with zero attached hydrogens (tertiary/aromatic N) is 1. The average molecular weight is 237 g/mol.